The Bertz CT molecular complexity index is 5220. The number of allylic oxidation sites excluding steroid dienone is 8. The zero-order valence-corrected chi connectivity index (χ0v) is 69.7. The molecule has 15 nitrogen and oxygen atoms in total. The molecule has 0 amide bonds. The van der Waals surface area contributed by atoms with Gasteiger partial charge in [0.05, 0.1) is 86.8 Å². The van der Waals surface area contributed by atoms with Gasteiger partial charge in [-0.25, -0.2) is 4.79 Å². The van der Waals surface area contributed by atoms with E-state index in [2.05, 4.69) is 123 Å². The highest BCUT2D eigenvalue weighted by Gasteiger charge is 2.29. The van der Waals surface area contributed by atoms with Crippen molar-refractivity contribution in [1.82, 2.24) is 0 Å². The largest absolute Gasteiger partial charge is 0.465 e. The average Bonchev–Trinajstić information content (AvgIpc) is 1.55. The number of thiophene rings is 1. The molecule has 8 aromatic carbocycles. The first-order chi connectivity index (χ1) is 53.9. The molecular formula is C90H87N7O8S7. The maximum atomic E-state index is 12.4. The van der Waals surface area contributed by atoms with E-state index >= 15 is 0 Å². The summed E-state index contributed by atoms with van der Waals surface area (Å²) in [5, 5.41) is 18.9. The van der Waals surface area contributed by atoms with Crippen molar-refractivity contribution in [3.8, 4) is 0 Å². The van der Waals surface area contributed by atoms with E-state index in [4.69, 9.17) is 0 Å². The summed E-state index contributed by atoms with van der Waals surface area (Å²) in [7, 11) is 13.4. The summed E-state index contributed by atoms with van der Waals surface area (Å²) in [6.07, 6.45) is 17.9. The van der Waals surface area contributed by atoms with Crippen molar-refractivity contribution in [1.29, 1.82) is 0 Å². The first-order valence-electron chi connectivity index (χ1n) is 36.3. The van der Waals surface area contributed by atoms with E-state index in [0.717, 1.165) is 57.4 Å². The molecule has 1 saturated carbocycles. The van der Waals surface area contributed by atoms with E-state index < -0.39 is 10.9 Å². The van der Waals surface area contributed by atoms with Gasteiger partial charge in [0.15, 0.2) is 23.1 Å². The number of non-ortho nitro benzene ring substituents is 1. The van der Waals surface area contributed by atoms with Gasteiger partial charge in [0.2, 0.25) is 0 Å². The SMILES string of the molecule is C=C(/C=C1/Sc2ccccc2N1C)C1CCCCC1.C=C(/C=C1/Sc2ccccc2N1C)c1ccc([N+](=O)[O-])cc1.CC(=O)/C=C1/Sc2ccccc2N1C.CC(C)C(=O)/C=C1/Sc2ccccc2N1C.CN1/C(=C\C(=O)c2cccs2)Sc2ccccc21.COC(=O)c1ccc(C(=O)/C=C2/Sc3ccccc3N2C)cc1. The molecule has 1 aromatic heterocycles. The van der Waals surface area contributed by atoms with Gasteiger partial charge >= 0.3 is 5.97 Å². The van der Waals surface area contributed by atoms with E-state index in [-0.39, 0.29) is 34.7 Å². The Morgan fingerprint density at radius 3 is 1.12 bits per heavy atom. The normalized spacial score (nSPS) is 16.8. The topological polar surface area (TPSA) is 157 Å². The lowest BCUT2D eigenvalue weighted by Crippen LogP contribution is -2.12. The first kappa shape index (κ1) is 82.8. The van der Waals surface area contributed by atoms with Gasteiger partial charge in [0, 0.05) is 120 Å². The summed E-state index contributed by atoms with van der Waals surface area (Å²) in [5.74, 6) is 0.609. The molecule has 0 unspecified atom stereocenters. The summed E-state index contributed by atoms with van der Waals surface area (Å²) in [6, 6.07) is 66.0. The van der Waals surface area contributed by atoms with Crippen LogP contribution in [0, 0.1) is 22.0 Å². The molecule has 112 heavy (non-hydrogen) atoms. The Kier molecular flexibility index (Phi) is 28.7. The maximum absolute atomic E-state index is 12.4. The molecule has 7 aliphatic rings. The van der Waals surface area contributed by atoms with Gasteiger partial charge in [-0.1, -0.05) is 208 Å². The standard InChI is InChI=1S/C18H15NO3S.C17H14N2O2S.C17H21NS.C14H11NOS2.C13H15NOS.C11H11NOS/c1-19-14-5-3-4-6-16(14)23-17(19)11-15(20)12-7-9-13(10-8-12)18(21)22-2;1-12(13-7-9-14(10-8-13)19(20)21)11-17-18(2)15-5-3-4-6-16(15)22-17;1-13(14-8-4-3-5-9-14)12-17-18(2)15-10-6-7-11-16(15)19-17;1-15-10-5-2-3-6-12(10)18-14(15)9-11(16)13-7-4-8-17-13;1-9(2)11(15)8-13-14(3)10-6-4-5-7-12(10)16-13;1-8(13)7-11-12(2)9-5-3-4-6-10(9)14-11/h3-11H,1-2H3;3-11H,1H2,2H3;6-7,10-12,14H,1,3-5,8-9H2,2H3;2-9H,1H3;4-9H,1-3H3;3-7H,1-2H3/b2*17-11+;17-12+;14-9+;13-8+;11-7+. The number of nitro groups is 1. The lowest BCUT2D eigenvalue weighted by Gasteiger charge is -2.23. The van der Waals surface area contributed by atoms with Gasteiger partial charge in [-0.3, -0.25) is 29.3 Å². The smallest absolute Gasteiger partial charge is 0.337 e. The minimum atomic E-state index is -0.413. The highest BCUT2D eigenvalue weighted by molar-refractivity contribution is 8.05. The molecule has 0 bridgehead atoms. The van der Waals surface area contributed by atoms with Crippen LogP contribution >= 0.6 is 81.9 Å². The molecule has 572 valence electrons. The van der Waals surface area contributed by atoms with Crippen LogP contribution in [0.1, 0.15) is 88.8 Å². The van der Waals surface area contributed by atoms with E-state index in [0.29, 0.717) is 17.0 Å². The monoisotopic (exact) mass is 1620 g/mol. The molecule has 0 N–H and O–H groups in total. The number of nitro benzene ring substituents is 1. The summed E-state index contributed by atoms with van der Waals surface area (Å²) in [6.45, 7) is 13.8. The molecular weight excluding hydrogens is 1530 g/mol. The number of methoxy groups -OCH3 is 1. The van der Waals surface area contributed by atoms with Crippen LogP contribution in [-0.4, -0.2) is 83.4 Å². The molecule has 0 spiro atoms. The number of fused-ring (bicyclic) bond motifs is 6. The van der Waals surface area contributed by atoms with Crippen molar-refractivity contribution in [3.05, 3.63) is 329 Å². The van der Waals surface area contributed by atoms with Crippen LogP contribution in [0.3, 0.4) is 0 Å². The average molecular weight is 1620 g/mol. The fourth-order valence-electron chi connectivity index (χ4n) is 12.4. The molecule has 7 heterocycles. The number of thioether (sulfide) groups is 6. The first-order valence-corrected chi connectivity index (χ1v) is 42.0. The second kappa shape index (κ2) is 38.8. The number of rotatable bonds is 13. The van der Waals surface area contributed by atoms with Crippen LogP contribution in [0.4, 0.5) is 39.8 Å². The molecule has 6 aliphatic heterocycles. The third kappa shape index (κ3) is 20.7. The summed E-state index contributed by atoms with van der Waals surface area (Å²) < 4.78 is 4.65. The molecule has 0 saturated heterocycles. The van der Waals surface area contributed by atoms with E-state index in [1.54, 1.807) is 126 Å². The molecule has 1 fully saturated rings. The summed E-state index contributed by atoms with van der Waals surface area (Å²) >= 11 is 11.5. The van der Waals surface area contributed by atoms with Crippen molar-refractivity contribution in [2.24, 2.45) is 11.8 Å². The van der Waals surface area contributed by atoms with Gasteiger partial charge in [0.1, 0.15) is 0 Å². The van der Waals surface area contributed by atoms with E-state index in [1.807, 2.05) is 167 Å². The lowest BCUT2D eigenvalue weighted by molar-refractivity contribution is -0.384. The fraction of sp³-hybridized carbons (Fsp3) is 0.189. The second-order valence-electron chi connectivity index (χ2n) is 26.8. The quantitative estimate of drug-likeness (QED) is 0.0353. The van der Waals surface area contributed by atoms with Crippen molar-refractivity contribution in [2.75, 3.05) is 78.8 Å². The Morgan fingerprint density at radius 2 is 0.768 bits per heavy atom. The van der Waals surface area contributed by atoms with E-state index in [1.165, 1.54) is 121 Å². The number of carbonyl (C=O) groups is 5. The number of benzene rings is 8. The minimum Gasteiger partial charge on any atom is -0.465 e. The Morgan fingerprint density at radius 1 is 0.429 bits per heavy atom. The molecule has 1 aliphatic carbocycles. The number of carbonyl (C=O) groups excluding carboxylic acids is 5. The predicted octanol–water partition coefficient (Wildman–Crippen LogP) is 23.6. The van der Waals surface area contributed by atoms with Gasteiger partial charge in [-0.15, -0.1) is 11.3 Å². The maximum Gasteiger partial charge on any atom is 0.337 e. The molecule has 16 rings (SSSR count). The molecule has 0 atom stereocenters. The molecule has 22 heteroatoms. The minimum absolute atomic E-state index is 0.0604. The van der Waals surface area contributed by atoms with Gasteiger partial charge in [-0.05, 0) is 163 Å². The van der Waals surface area contributed by atoms with Crippen LogP contribution in [0.25, 0.3) is 5.57 Å². The number of ketones is 4. The lowest BCUT2D eigenvalue weighted by atomic mass is 9.84. The number of esters is 1. The zero-order valence-electron chi connectivity index (χ0n) is 64.0. The van der Waals surface area contributed by atoms with Crippen molar-refractivity contribution in [3.63, 3.8) is 0 Å². The third-order valence-corrected chi connectivity index (χ3v) is 26.7. The Labute approximate surface area is 686 Å². The summed E-state index contributed by atoms with van der Waals surface area (Å²) in [5.41, 5.74) is 11.2. The predicted molar refractivity (Wildman–Crippen MR) is 472 cm³/mol. The number of hydrogen-bond acceptors (Lipinski definition) is 21. The van der Waals surface area contributed by atoms with Crippen LogP contribution in [0.5, 0.6) is 0 Å². The van der Waals surface area contributed by atoms with Gasteiger partial charge in [-0.2, -0.15) is 0 Å². The van der Waals surface area contributed by atoms with Crippen LogP contribution in [-0.2, 0) is 14.3 Å². The zero-order chi connectivity index (χ0) is 79.7. The highest BCUT2D eigenvalue weighted by Crippen LogP contribution is 2.50. The number of anilines is 6. The molecule has 9 aromatic rings. The Balaban J connectivity index is 0.000000134. The van der Waals surface area contributed by atoms with Crippen LogP contribution in [0.15, 0.2) is 326 Å². The van der Waals surface area contributed by atoms with Crippen LogP contribution < -0.4 is 29.4 Å². The Hall–Kier alpha value is -10.2. The number of nitrogens with zero attached hydrogens (tertiary/aromatic N) is 7. The third-order valence-electron chi connectivity index (χ3n) is 18.8. The van der Waals surface area contributed by atoms with Crippen LogP contribution in [0.2, 0.25) is 0 Å². The van der Waals surface area contributed by atoms with Gasteiger partial charge in [0.25, 0.3) is 5.69 Å². The highest BCUT2D eigenvalue weighted by atomic mass is 32.2. The number of para-hydroxylation sites is 6. The van der Waals surface area contributed by atoms with Crippen molar-refractivity contribution in [2.45, 2.75) is 82.2 Å². The molecule has 0 radical (unpaired) electrons. The second-order valence-corrected chi connectivity index (χ2v) is 34.2. The van der Waals surface area contributed by atoms with Crippen molar-refractivity contribution >= 4 is 156 Å². The summed E-state index contributed by atoms with van der Waals surface area (Å²) in [4.78, 5) is 89.5. The number of ether oxygens (including phenoxy) is 1. The fourth-order valence-corrected chi connectivity index (χ4v) is 19.7. The van der Waals surface area contributed by atoms with E-state index in [9.17, 15) is 34.1 Å². The van der Waals surface area contributed by atoms with Crippen molar-refractivity contribution < 1.29 is 33.6 Å². The van der Waals surface area contributed by atoms with Gasteiger partial charge < -0.3 is 34.1 Å². The number of hydrogen-bond donors (Lipinski definition) is 0.